The molecule has 0 atom stereocenters. The molecule has 0 aromatic carbocycles. The first-order valence-electron chi connectivity index (χ1n) is 4.48. The van der Waals surface area contributed by atoms with E-state index in [1.807, 2.05) is 20.0 Å². The van der Waals surface area contributed by atoms with Crippen LogP contribution >= 0.6 is 0 Å². The van der Waals surface area contributed by atoms with Crippen LogP contribution in [0.3, 0.4) is 0 Å². The first-order chi connectivity index (χ1) is 5.31. The maximum absolute atomic E-state index is 4.26. The first kappa shape index (κ1) is 11.4. The summed E-state index contributed by atoms with van der Waals surface area (Å²) in [5.74, 6) is 0. The topological polar surface area (TPSA) is 12.4 Å². The fourth-order valence-electron chi connectivity index (χ4n) is 1.12. The SMILES string of the molecule is CC(C)=N/C=C(\C)CC(C)(C)C. The molecule has 70 valence electrons. The van der Waals surface area contributed by atoms with Gasteiger partial charge in [-0.1, -0.05) is 26.3 Å². The predicted octanol–water partition coefficient (Wildman–Crippen LogP) is 3.81. The summed E-state index contributed by atoms with van der Waals surface area (Å²) in [6.07, 6.45) is 3.09. The molecule has 0 fully saturated rings. The Morgan fingerprint density at radius 3 is 2.00 bits per heavy atom. The standard InChI is InChI=1S/C11H21N/c1-9(2)12-8-10(3)7-11(4,5)6/h8H,7H2,1-6H3/b10-8+. The van der Waals surface area contributed by atoms with Gasteiger partial charge in [-0.15, -0.1) is 0 Å². The van der Waals surface area contributed by atoms with Crippen LogP contribution in [0.25, 0.3) is 0 Å². The Morgan fingerprint density at radius 1 is 1.17 bits per heavy atom. The van der Waals surface area contributed by atoms with Gasteiger partial charge in [0.05, 0.1) is 0 Å². The number of hydrogen-bond acceptors (Lipinski definition) is 1. The average Bonchev–Trinajstić information content (AvgIpc) is 1.79. The van der Waals surface area contributed by atoms with Gasteiger partial charge in [-0.25, -0.2) is 0 Å². The maximum Gasteiger partial charge on any atom is 0.0256 e. The fourth-order valence-corrected chi connectivity index (χ4v) is 1.12. The lowest BCUT2D eigenvalue weighted by atomic mass is 9.89. The monoisotopic (exact) mass is 167 g/mol. The fraction of sp³-hybridized carbons (Fsp3) is 0.727. The molecule has 0 amide bonds. The summed E-state index contributed by atoms with van der Waals surface area (Å²) < 4.78 is 0. The molecule has 0 heterocycles. The van der Waals surface area contributed by atoms with Crippen molar-refractivity contribution in [2.24, 2.45) is 10.4 Å². The van der Waals surface area contributed by atoms with Gasteiger partial charge in [0.1, 0.15) is 0 Å². The quantitative estimate of drug-likeness (QED) is 0.555. The molecule has 0 saturated heterocycles. The summed E-state index contributed by atoms with van der Waals surface area (Å²) in [5.41, 5.74) is 2.84. The van der Waals surface area contributed by atoms with Crippen LogP contribution in [0.4, 0.5) is 0 Å². The molecule has 0 rings (SSSR count). The molecule has 0 aliphatic heterocycles. The minimum absolute atomic E-state index is 0.373. The van der Waals surface area contributed by atoms with E-state index in [-0.39, 0.29) is 0 Å². The number of rotatable bonds is 2. The second kappa shape index (κ2) is 4.44. The molecule has 0 aromatic rings. The van der Waals surface area contributed by atoms with Crippen molar-refractivity contribution in [2.75, 3.05) is 0 Å². The molecule has 0 N–H and O–H groups in total. The molecule has 0 bridgehead atoms. The third kappa shape index (κ3) is 7.52. The highest BCUT2D eigenvalue weighted by Crippen LogP contribution is 2.23. The van der Waals surface area contributed by atoms with Crippen molar-refractivity contribution in [3.8, 4) is 0 Å². The number of hydrogen-bond donors (Lipinski definition) is 0. The van der Waals surface area contributed by atoms with Crippen molar-refractivity contribution >= 4 is 5.71 Å². The third-order valence-corrected chi connectivity index (χ3v) is 1.35. The molecule has 0 saturated carbocycles. The molecule has 0 radical (unpaired) electrons. The van der Waals surface area contributed by atoms with Crippen molar-refractivity contribution in [1.29, 1.82) is 0 Å². The zero-order valence-electron chi connectivity index (χ0n) is 9.23. The largest absolute Gasteiger partial charge is 0.266 e. The Hall–Kier alpha value is -0.590. The summed E-state index contributed by atoms with van der Waals surface area (Å²) in [6.45, 7) is 12.9. The number of nitrogens with zero attached hydrogens (tertiary/aromatic N) is 1. The van der Waals surface area contributed by atoms with E-state index in [9.17, 15) is 0 Å². The van der Waals surface area contributed by atoms with Crippen molar-refractivity contribution < 1.29 is 0 Å². The Labute approximate surface area is 76.6 Å². The number of aliphatic imine (C=N–C) groups is 1. The molecule has 0 aliphatic rings. The summed E-state index contributed by atoms with van der Waals surface area (Å²) in [6, 6.07) is 0. The normalized spacial score (nSPS) is 13.0. The van der Waals surface area contributed by atoms with E-state index in [0.29, 0.717) is 5.41 Å². The van der Waals surface area contributed by atoms with Gasteiger partial charge in [0.2, 0.25) is 0 Å². The third-order valence-electron chi connectivity index (χ3n) is 1.35. The van der Waals surface area contributed by atoms with E-state index >= 15 is 0 Å². The van der Waals surface area contributed by atoms with Crippen LogP contribution in [0.1, 0.15) is 48.0 Å². The van der Waals surface area contributed by atoms with E-state index in [2.05, 4.69) is 32.7 Å². The van der Waals surface area contributed by atoms with Crippen LogP contribution in [-0.2, 0) is 0 Å². The lowest BCUT2D eigenvalue weighted by Crippen LogP contribution is -2.04. The Morgan fingerprint density at radius 2 is 1.67 bits per heavy atom. The number of allylic oxidation sites excluding steroid dienone is 1. The summed E-state index contributed by atoms with van der Waals surface area (Å²) >= 11 is 0. The highest BCUT2D eigenvalue weighted by Gasteiger charge is 2.09. The van der Waals surface area contributed by atoms with Gasteiger partial charge in [0.15, 0.2) is 0 Å². The summed E-state index contributed by atoms with van der Waals surface area (Å²) in [4.78, 5) is 4.26. The molecule has 0 aliphatic carbocycles. The molecule has 1 heteroatoms. The Bertz CT molecular complexity index is 188. The van der Waals surface area contributed by atoms with E-state index in [0.717, 1.165) is 12.1 Å². The van der Waals surface area contributed by atoms with Crippen LogP contribution in [0.15, 0.2) is 16.8 Å². The van der Waals surface area contributed by atoms with Crippen molar-refractivity contribution in [2.45, 2.75) is 48.0 Å². The van der Waals surface area contributed by atoms with Crippen LogP contribution in [0.2, 0.25) is 0 Å². The zero-order chi connectivity index (χ0) is 9.78. The van der Waals surface area contributed by atoms with Crippen molar-refractivity contribution in [3.63, 3.8) is 0 Å². The minimum atomic E-state index is 0.373. The van der Waals surface area contributed by atoms with Crippen LogP contribution in [-0.4, -0.2) is 5.71 Å². The highest BCUT2D eigenvalue weighted by molar-refractivity contribution is 5.79. The highest BCUT2D eigenvalue weighted by atomic mass is 14.7. The van der Waals surface area contributed by atoms with Gasteiger partial charge >= 0.3 is 0 Å². The van der Waals surface area contributed by atoms with Crippen LogP contribution in [0, 0.1) is 5.41 Å². The van der Waals surface area contributed by atoms with Gasteiger partial charge in [0, 0.05) is 11.9 Å². The molecule has 0 spiro atoms. The van der Waals surface area contributed by atoms with E-state index in [4.69, 9.17) is 0 Å². The molecule has 0 unspecified atom stereocenters. The molecular weight excluding hydrogens is 146 g/mol. The van der Waals surface area contributed by atoms with Gasteiger partial charge in [-0.3, -0.25) is 4.99 Å². The van der Waals surface area contributed by atoms with Crippen LogP contribution < -0.4 is 0 Å². The Balaban J connectivity index is 4.13. The molecular formula is C11H21N. The van der Waals surface area contributed by atoms with Crippen molar-refractivity contribution in [1.82, 2.24) is 0 Å². The molecule has 12 heavy (non-hydrogen) atoms. The smallest absolute Gasteiger partial charge is 0.0256 e. The Kier molecular flexibility index (Phi) is 4.22. The van der Waals surface area contributed by atoms with E-state index in [1.165, 1.54) is 5.57 Å². The second-order valence-electron chi connectivity index (χ2n) is 4.79. The summed E-state index contributed by atoms with van der Waals surface area (Å²) in [5, 5.41) is 0. The minimum Gasteiger partial charge on any atom is -0.266 e. The van der Waals surface area contributed by atoms with Gasteiger partial charge in [-0.2, -0.15) is 0 Å². The average molecular weight is 167 g/mol. The maximum atomic E-state index is 4.26. The van der Waals surface area contributed by atoms with E-state index in [1.54, 1.807) is 0 Å². The van der Waals surface area contributed by atoms with Crippen LogP contribution in [0.5, 0.6) is 0 Å². The lowest BCUT2D eigenvalue weighted by molar-refractivity contribution is 0.409. The van der Waals surface area contributed by atoms with E-state index < -0.39 is 0 Å². The molecule has 1 nitrogen and oxygen atoms in total. The lowest BCUT2D eigenvalue weighted by Gasteiger charge is -2.17. The first-order valence-corrected chi connectivity index (χ1v) is 4.48. The summed E-state index contributed by atoms with van der Waals surface area (Å²) in [7, 11) is 0. The zero-order valence-corrected chi connectivity index (χ0v) is 9.23. The van der Waals surface area contributed by atoms with Crippen molar-refractivity contribution in [3.05, 3.63) is 11.8 Å². The second-order valence-corrected chi connectivity index (χ2v) is 4.79. The predicted molar refractivity (Wildman–Crippen MR) is 56.6 cm³/mol. The molecule has 0 aromatic heterocycles. The van der Waals surface area contributed by atoms with Gasteiger partial charge < -0.3 is 0 Å². The van der Waals surface area contributed by atoms with Gasteiger partial charge in [0.25, 0.3) is 0 Å². The van der Waals surface area contributed by atoms with Gasteiger partial charge in [-0.05, 0) is 32.6 Å².